The molecule has 9 heteroatoms. The molecule has 29 heavy (non-hydrogen) atoms. The van der Waals surface area contributed by atoms with E-state index in [9.17, 15) is 18.8 Å². The molecule has 0 aliphatic carbocycles. The van der Waals surface area contributed by atoms with Gasteiger partial charge >= 0.3 is 0 Å². The maximum Gasteiger partial charge on any atom is 0.287 e. The summed E-state index contributed by atoms with van der Waals surface area (Å²) in [6.45, 7) is 1.63. The second-order valence-electron chi connectivity index (χ2n) is 6.34. The van der Waals surface area contributed by atoms with Gasteiger partial charge in [0.05, 0.1) is 5.69 Å². The Labute approximate surface area is 165 Å². The Morgan fingerprint density at radius 3 is 2.55 bits per heavy atom. The Hall–Kier alpha value is -3.88. The number of primary amides is 1. The molecule has 1 aromatic carbocycles. The number of benzene rings is 1. The first kappa shape index (κ1) is 19.9. The lowest BCUT2D eigenvalue weighted by Gasteiger charge is -2.17. The predicted octanol–water partition coefficient (Wildman–Crippen LogP) is 1.11. The zero-order valence-electron chi connectivity index (χ0n) is 15.5. The monoisotopic (exact) mass is 395 g/mol. The average molecular weight is 395 g/mol. The lowest BCUT2D eigenvalue weighted by molar-refractivity contribution is -0.137. The van der Waals surface area contributed by atoms with Crippen LogP contribution in [0.5, 0.6) is 0 Å². The van der Waals surface area contributed by atoms with E-state index in [4.69, 9.17) is 5.73 Å². The molecule has 8 nitrogen and oxygen atoms in total. The highest BCUT2D eigenvalue weighted by Crippen LogP contribution is 2.14. The van der Waals surface area contributed by atoms with E-state index < -0.39 is 29.5 Å². The minimum atomic E-state index is -1.18. The van der Waals surface area contributed by atoms with Crippen LogP contribution in [0, 0.1) is 12.7 Å². The Morgan fingerprint density at radius 2 is 1.90 bits per heavy atom. The van der Waals surface area contributed by atoms with Crippen LogP contribution in [0.15, 0.2) is 54.7 Å². The Balaban J connectivity index is 1.91. The molecule has 2 aromatic heterocycles. The van der Waals surface area contributed by atoms with E-state index in [1.165, 1.54) is 24.4 Å². The Bertz CT molecular complexity index is 1060. The summed E-state index contributed by atoms with van der Waals surface area (Å²) in [6, 6.07) is 11.7. The van der Waals surface area contributed by atoms with Gasteiger partial charge in [-0.15, -0.1) is 0 Å². The summed E-state index contributed by atoms with van der Waals surface area (Å²) in [5.41, 5.74) is 6.28. The van der Waals surface area contributed by atoms with Gasteiger partial charge in [-0.3, -0.25) is 14.4 Å². The number of nitrogens with two attached hydrogens (primary N) is 1. The highest BCUT2D eigenvalue weighted by Gasteiger charge is 2.28. The molecule has 148 valence electrons. The highest BCUT2D eigenvalue weighted by molar-refractivity contribution is 6.38. The number of Topliss-reactive ketones (excluding diaryl/α,β-unsaturated/α-hetero) is 1. The van der Waals surface area contributed by atoms with Crippen LogP contribution in [0.4, 0.5) is 4.39 Å². The Kier molecular flexibility index (Phi) is 5.77. The van der Waals surface area contributed by atoms with E-state index in [0.29, 0.717) is 5.69 Å². The van der Waals surface area contributed by atoms with E-state index in [-0.39, 0.29) is 17.9 Å². The molecule has 0 aliphatic rings. The quantitative estimate of drug-likeness (QED) is 0.581. The molecule has 2 heterocycles. The fourth-order valence-electron chi connectivity index (χ4n) is 2.82. The van der Waals surface area contributed by atoms with E-state index in [0.717, 1.165) is 10.2 Å². The summed E-state index contributed by atoms with van der Waals surface area (Å²) in [5.74, 6) is -3.64. The van der Waals surface area contributed by atoms with Crippen molar-refractivity contribution in [2.75, 3.05) is 0 Å². The number of nitrogens with zero attached hydrogens (tertiary/aromatic N) is 3. The van der Waals surface area contributed by atoms with Crippen LogP contribution in [-0.2, 0) is 16.0 Å². The van der Waals surface area contributed by atoms with Gasteiger partial charge in [0.2, 0.25) is 5.78 Å². The van der Waals surface area contributed by atoms with Crippen molar-refractivity contribution in [3.8, 4) is 5.82 Å². The molecule has 0 fully saturated rings. The van der Waals surface area contributed by atoms with Crippen LogP contribution >= 0.6 is 0 Å². The smallest absolute Gasteiger partial charge is 0.287 e. The lowest BCUT2D eigenvalue weighted by atomic mass is 10.0. The third-order valence-electron chi connectivity index (χ3n) is 4.15. The van der Waals surface area contributed by atoms with Gasteiger partial charge in [0.15, 0.2) is 11.6 Å². The molecule has 3 rings (SSSR count). The zero-order chi connectivity index (χ0) is 21.0. The second-order valence-corrected chi connectivity index (χ2v) is 6.34. The number of halogens is 1. The number of carbonyl (C=O) groups excluding carboxylic acids is 3. The topological polar surface area (TPSA) is 120 Å². The first-order valence-electron chi connectivity index (χ1n) is 8.73. The maximum atomic E-state index is 14.1. The number of aryl methyl sites for hydroxylation is 1. The fraction of sp³-hybridized carbons (Fsp3) is 0.150. The van der Waals surface area contributed by atoms with Gasteiger partial charge in [-0.05, 0) is 30.7 Å². The van der Waals surface area contributed by atoms with Gasteiger partial charge in [0.1, 0.15) is 11.7 Å². The first-order valence-corrected chi connectivity index (χ1v) is 8.73. The normalized spacial score (nSPS) is 11.7. The SMILES string of the molecule is Cc1cc(C(=O)NC(Cc2ccccc2)C(=O)C(N)=O)n(-c2ncccc2F)n1. The van der Waals surface area contributed by atoms with Crippen molar-refractivity contribution < 1.29 is 18.8 Å². The molecule has 0 aliphatic heterocycles. The maximum absolute atomic E-state index is 14.1. The van der Waals surface area contributed by atoms with E-state index in [2.05, 4.69) is 15.4 Å². The van der Waals surface area contributed by atoms with Crippen LogP contribution < -0.4 is 11.1 Å². The number of carbonyl (C=O) groups is 3. The van der Waals surface area contributed by atoms with Crippen LogP contribution in [-0.4, -0.2) is 38.4 Å². The first-order chi connectivity index (χ1) is 13.9. The van der Waals surface area contributed by atoms with Crippen LogP contribution in [0.2, 0.25) is 0 Å². The molecule has 3 N–H and O–H groups in total. The van der Waals surface area contributed by atoms with Crippen molar-refractivity contribution in [3.05, 3.63) is 77.5 Å². The minimum Gasteiger partial charge on any atom is -0.363 e. The molecular weight excluding hydrogens is 377 g/mol. The molecule has 0 spiro atoms. The lowest BCUT2D eigenvalue weighted by Crippen LogP contribution is -2.47. The molecule has 0 bridgehead atoms. The molecule has 0 saturated heterocycles. The average Bonchev–Trinajstić information content (AvgIpc) is 3.09. The number of nitrogens with one attached hydrogen (secondary N) is 1. The van der Waals surface area contributed by atoms with Crippen molar-refractivity contribution in [1.29, 1.82) is 0 Å². The number of ketones is 1. The minimum absolute atomic E-state index is 0.0320. The fourth-order valence-corrected chi connectivity index (χ4v) is 2.82. The molecule has 3 aromatic rings. The number of aromatic nitrogens is 3. The van der Waals surface area contributed by atoms with Crippen molar-refractivity contribution >= 4 is 17.6 Å². The molecule has 0 saturated carbocycles. The third-order valence-corrected chi connectivity index (χ3v) is 4.15. The molecule has 1 atom stereocenters. The summed E-state index contributed by atoms with van der Waals surface area (Å²) in [7, 11) is 0. The van der Waals surface area contributed by atoms with Gasteiger partial charge in [-0.25, -0.2) is 14.1 Å². The van der Waals surface area contributed by atoms with E-state index in [1.54, 1.807) is 37.3 Å². The summed E-state index contributed by atoms with van der Waals surface area (Å²) in [6.07, 6.45) is 1.44. The molecule has 1 unspecified atom stereocenters. The van der Waals surface area contributed by atoms with Crippen LogP contribution in [0.1, 0.15) is 21.7 Å². The highest BCUT2D eigenvalue weighted by atomic mass is 19.1. The number of hydrogen-bond donors (Lipinski definition) is 2. The molecule has 0 radical (unpaired) electrons. The van der Waals surface area contributed by atoms with E-state index in [1.807, 2.05) is 0 Å². The summed E-state index contributed by atoms with van der Waals surface area (Å²) in [5, 5.41) is 6.62. The third kappa shape index (κ3) is 4.52. The number of hydrogen-bond acceptors (Lipinski definition) is 5. The van der Waals surface area contributed by atoms with Crippen molar-refractivity contribution in [2.24, 2.45) is 5.73 Å². The molecular formula is C20H18FN5O3. The Morgan fingerprint density at radius 1 is 1.17 bits per heavy atom. The summed E-state index contributed by atoms with van der Waals surface area (Å²) in [4.78, 5) is 40.5. The van der Waals surface area contributed by atoms with Crippen LogP contribution in [0.25, 0.3) is 5.82 Å². The van der Waals surface area contributed by atoms with Crippen molar-refractivity contribution in [1.82, 2.24) is 20.1 Å². The van der Waals surface area contributed by atoms with Crippen LogP contribution in [0.3, 0.4) is 0 Å². The number of pyridine rings is 1. The van der Waals surface area contributed by atoms with Gasteiger partial charge in [0, 0.05) is 12.6 Å². The second kappa shape index (κ2) is 8.42. The predicted molar refractivity (Wildman–Crippen MR) is 102 cm³/mol. The van der Waals surface area contributed by atoms with Gasteiger partial charge in [-0.1, -0.05) is 30.3 Å². The summed E-state index contributed by atoms with van der Waals surface area (Å²) >= 11 is 0. The van der Waals surface area contributed by atoms with Gasteiger partial charge < -0.3 is 11.1 Å². The largest absolute Gasteiger partial charge is 0.363 e. The van der Waals surface area contributed by atoms with Gasteiger partial charge in [-0.2, -0.15) is 5.10 Å². The zero-order valence-corrected chi connectivity index (χ0v) is 15.5. The standard InChI is InChI=1S/C20H18FN5O3/c1-12-10-16(26(25-12)19-14(21)8-5-9-23-19)20(29)24-15(17(27)18(22)28)11-13-6-3-2-4-7-13/h2-10,15H,11H2,1H3,(H2,22,28)(H,24,29). The van der Waals surface area contributed by atoms with E-state index >= 15 is 0 Å². The summed E-state index contributed by atoms with van der Waals surface area (Å²) < 4.78 is 15.2. The number of rotatable bonds is 7. The number of amides is 2. The van der Waals surface area contributed by atoms with Crippen molar-refractivity contribution in [2.45, 2.75) is 19.4 Å². The van der Waals surface area contributed by atoms with Gasteiger partial charge in [0.25, 0.3) is 11.8 Å². The van der Waals surface area contributed by atoms with Crippen molar-refractivity contribution in [3.63, 3.8) is 0 Å². The molecule has 2 amide bonds.